The Balaban J connectivity index is 1.88. The van der Waals surface area contributed by atoms with E-state index >= 15 is 0 Å². The fraction of sp³-hybridized carbons (Fsp3) is 0.222. The highest BCUT2D eigenvalue weighted by Gasteiger charge is 2.15. The third-order valence-corrected chi connectivity index (χ3v) is 6.20. The lowest BCUT2D eigenvalue weighted by atomic mass is 10.2. The molecule has 5 heteroatoms. The number of benzene rings is 2. The zero-order valence-electron chi connectivity index (χ0n) is 13.6. The number of aromatic nitrogens is 1. The van der Waals surface area contributed by atoms with Crippen molar-refractivity contribution in [3.05, 3.63) is 70.4 Å². The van der Waals surface area contributed by atoms with Gasteiger partial charge >= 0.3 is 0 Å². The van der Waals surface area contributed by atoms with Gasteiger partial charge in [-0.3, -0.25) is 10.1 Å². The molecule has 1 heterocycles. The van der Waals surface area contributed by atoms with Gasteiger partial charge in [0, 0.05) is 35.8 Å². The van der Waals surface area contributed by atoms with Crippen LogP contribution in [0.2, 0.25) is 19.6 Å². The number of nitrogens with zero attached hydrogens (tertiary/aromatic N) is 2. The van der Waals surface area contributed by atoms with Gasteiger partial charge in [0.05, 0.1) is 13.0 Å². The second-order valence-electron chi connectivity index (χ2n) is 6.89. The standard InChI is InChI=1S/C18H20N2O2Si/c1-23(2,3)17-7-4-14(5-8-17)13-19-11-10-15-12-16(20(21)22)6-9-18(15)19/h4-12H,13H2,1-3H3. The summed E-state index contributed by atoms with van der Waals surface area (Å²) in [6.07, 6.45) is 1.99. The highest BCUT2D eigenvalue weighted by molar-refractivity contribution is 6.88. The van der Waals surface area contributed by atoms with Gasteiger partial charge in [-0.2, -0.15) is 0 Å². The van der Waals surface area contributed by atoms with Crippen LogP contribution in [0.15, 0.2) is 54.7 Å². The molecule has 0 aliphatic carbocycles. The van der Waals surface area contributed by atoms with Crippen LogP contribution in [0.4, 0.5) is 5.69 Å². The lowest BCUT2D eigenvalue weighted by molar-refractivity contribution is -0.384. The molecule has 0 spiro atoms. The molecule has 2 aromatic carbocycles. The summed E-state index contributed by atoms with van der Waals surface area (Å²) in [5.41, 5.74) is 2.39. The molecule has 0 aliphatic rings. The summed E-state index contributed by atoms with van der Waals surface area (Å²) in [6.45, 7) is 7.80. The highest BCUT2D eigenvalue weighted by atomic mass is 28.3. The van der Waals surface area contributed by atoms with E-state index in [4.69, 9.17) is 0 Å². The summed E-state index contributed by atoms with van der Waals surface area (Å²) < 4.78 is 2.13. The Morgan fingerprint density at radius 3 is 2.35 bits per heavy atom. The molecule has 3 rings (SSSR count). The molecular weight excluding hydrogens is 304 g/mol. The number of fused-ring (bicyclic) bond motifs is 1. The summed E-state index contributed by atoms with van der Waals surface area (Å²) in [5.74, 6) is 0. The Labute approximate surface area is 136 Å². The zero-order chi connectivity index (χ0) is 16.6. The average molecular weight is 324 g/mol. The number of hydrogen-bond acceptors (Lipinski definition) is 2. The van der Waals surface area contributed by atoms with Gasteiger partial charge in [-0.05, 0) is 17.7 Å². The van der Waals surface area contributed by atoms with Gasteiger partial charge in [-0.25, -0.2) is 0 Å². The molecule has 1 aromatic heterocycles. The van der Waals surface area contributed by atoms with Crippen LogP contribution in [0.1, 0.15) is 5.56 Å². The number of non-ortho nitro benzene ring substituents is 1. The lowest BCUT2D eigenvalue weighted by Gasteiger charge is -2.17. The first-order chi connectivity index (χ1) is 10.8. The van der Waals surface area contributed by atoms with E-state index in [9.17, 15) is 10.1 Å². The second-order valence-corrected chi connectivity index (χ2v) is 12.0. The van der Waals surface area contributed by atoms with Crippen LogP contribution in [0.5, 0.6) is 0 Å². The molecule has 3 aromatic rings. The fourth-order valence-electron chi connectivity index (χ4n) is 2.75. The van der Waals surface area contributed by atoms with Gasteiger partial charge in [0.1, 0.15) is 0 Å². The highest BCUT2D eigenvalue weighted by Crippen LogP contribution is 2.22. The van der Waals surface area contributed by atoms with E-state index in [-0.39, 0.29) is 10.6 Å². The largest absolute Gasteiger partial charge is 0.343 e. The minimum atomic E-state index is -1.27. The van der Waals surface area contributed by atoms with Crippen LogP contribution in [-0.4, -0.2) is 17.6 Å². The minimum absolute atomic E-state index is 0.134. The third-order valence-electron chi connectivity index (χ3n) is 4.14. The first kappa shape index (κ1) is 15.5. The van der Waals surface area contributed by atoms with Crippen molar-refractivity contribution in [1.82, 2.24) is 4.57 Å². The third kappa shape index (κ3) is 3.19. The number of rotatable bonds is 4. The van der Waals surface area contributed by atoms with Crippen LogP contribution in [-0.2, 0) is 6.54 Å². The topological polar surface area (TPSA) is 48.1 Å². The summed E-state index contributed by atoms with van der Waals surface area (Å²) in [4.78, 5) is 10.5. The maximum absolute atomic E-state index is 10.9. The van der Waals surface area contributed by atoms with E-state index in [1.807, 2.05) is 18.3 Å². The number of nitro groups is 1. The average Bonchev–Trinajstić information content (AvgIpc) is 2.89. The van der Waals surface area contributed by atoms with E-state index < -0.39 is 8.07 Å². The van der Waals surface area contributed by atoms with Gasteiger partial charge in [0.2, 0.25) is 0 Å². The van der Waals surface area contributed by atoms with E-state index in [2.05, 4.69) is 48.5 Å². The molecule has 23 heavy (non-hydrogen) atoms. The molecule has 0 aliphatic heterocycles. The van der Waals surface area contributed by atoms with E-state index in [1.165, 1.54) is 10.8 Å². The molecule has 0 saturated heterocycles. The molecule has 0 bridgehead atoms. The Morgan fingerprint density at radius 2 is 1.74 bits per heavy atom. The molecule has 0 N–H and O–H groups in total. The smallest absolute Gasteiger partial charge is 0.270 e. The lowest BCUT2D eigenvalue weighted by Crippen LogP contribution is -2.37. The van der Waals surface area contributed by atoms with Crippen molar-refractivity contribution in [1.29, 1.82) is 0 Å². The molecule has 118 valence electrons. The van der Waals surface area contributed by atoms with Gasteiger partial charge in [0.25, 0.3) is 5.69 Å². The Morgan fingerprint density at radius 1 is 1.04 bits per heavy atom. The Kier molecular flexibility index (Phi) is 3.81. The van der Waals surface area contributed by atoms with Crippen LogP contribution in [0.25, 0.3) is 10.9 Å². The number of hydrogen-bond donors (Lipinski definition) is 0. The van der Waals surface area contributed by atoms with Crippen LogP contribution in [0, 0.1) is 10.1 Å². The van der Waals surface area contributed by atoms with Gasteiger partial charge in [-0.15, -0.1) is 0 Å². The number of nitro benzene ring substituents is 1. The monoisotopic (exact) mass is 324 g/mol. The zero-order valence-corrected chi connectivity index (χ0v) is 14.6. The minimum Gasteiger partial charge on any atom is -0.343 e. The second kappa shape index (κ2) is 5.66. The van der Waals surface area contributed by atoms with Crippen LogP contribution in [0.3, 0.4) is 0 Å². The summed E-state index contributed by atoms with van der Waals surface area (Å²) in [7, 11) is -1.27. The first-order valence-electron chi connectivity index (χ1n) is 7.67. The van der Waals surface area contributed by atoms with Crippen molar-refractivity contribution in [2.75, 3.05) is 0 Å². The molecule has 4 nitrogen and oxygen atoms in total. The molecule has 0 fully saturated rings. The molecule has 0 unspecified atom stereocenters. The van der Waals surface area contributed by atoms with Gasteiger partial charge < -0.3 is 4.57 Å². The van der Waals surface area contributed by atoms with Crippen molar-refractivity contribution in [3.63, 3.8) is 0 Å². The van der Waals surface area contributed by atoms with Crippen molar-refractivity contribution in [2.24, 2.45) is 0 Å². The summed E-state index contributed by atoms with van der Waals surface area (Å²) >= 11 is 0. The Hall–Kier alpha value is -2.40. The predicted molar refractivity (Wildman–Crippen MR) is 97.1 cm³/mol. The van der Waals surface area contributed by atoms with Gasteiger partial charge in [-0.1, -0.05) is 49.1 Å². The molecule has 0 radical (unpaired) electrons. The summed E-state index contributed by atoms with van der Waals surface area (Å²) in [5, 5.41) is 13.2. The Bertz CT molecular complexity index is 861. The first-order valence-corrected chi connectivity index (χ1v) is 11.2. The maximum Gasteiger partial charge on any atom is 0.270 e. The van der Waals surface area contributed by atoms with Crippen molar-refractivity contribution >= 4 is 29.9 Å². The molecule has 0 saturated carbocycles. The normalized spacial score (nSPS) is 11.8. The van der Waals surface area contributed by atoms with E-state index in [1.54, 1.807) is 12.1 Å². The van der Waals surface area contributed by atoms with E-state index in [0.29, 0.717) is 0 Å². The molecule has 0 amide bonds. The summed E-state index contributed by atoms with van der Waals surface area (Å²) in [6, 6.07) is 15.8. The fourth-order valence-corrected chi connectivity index (χ4v) is 3.91. The van der Waals surface area contributed by atoms with Crippen LogP contribution >= 0.6 is 0 Å². The van der Waals surface area contributed by atoms with Gasteiger partial charge in [0.15, 0.2) is 0 Å². The SMILES string of the molecule is C[Si](C)(C)c1ccc(Cn2ccc3cc([N+](=O)[O-])ccc32)cc1. The molecular formula is C18H20N2O2Si. The molecule has 0 atom stereocenters. The maximum atomic E-state index is 10.9. The van der Waals surface area contributed by atoms with Crippen molar-refractivity contribution in [3.8, 4) is 0 Å². The van der Waals surface area contributed by atoms with Crippen LogP contribution < -0.4 is 5.19 Å². The van der Waals surface area contributed by atoms with Crippen molar-refractivity contribution in [2.45, 2.75) is 26.2 Å². The quantitative estimate of drug-likeness (QED) is 0.411. The van der Waals surface area contributed by atoms with E-state index in [0.717, 1.165) is 17.4 Å². The predicted octanol–water partition coefficient (Wildman–Crippen LogP) is 4.14. The van der Waals surface area contributed by atoms with Crippen molar-refractivity contribution < 1.29 is 4.92 Å².